The number of fused-ring (bicyclic) bond motifs is 3. The molecule has 0 saturated heterocycles. The molecule has 1 unspecified atom stereocenters. The Morgan fingerprint density at radius 3 is 2.17 bits per heavy atom. The van der Waals surface area contributed by atoms with E-state index >= 15 is 0 Å². The molecule has 186 valence electrons. The van der Waals surface area contributed by atoms with Crippen molar-refractivity contribution < 1.29 is 24.2 Å². The number of alkyl carbamates (subject to hydrolysis) is 1. The first kappa shape index (κ1) is 24.8. The Balaban J connectivity index is 1.26. The lowest BCUT2D eigenvalue weighted by atomic mass is 9.98. The smallest absolute Gasteiger partial charge is 0.407 e. The third-order valence-corrected chi connectivity index (χ3v) is 6.83. The van der Waals surface area contributed by atoms with Crippen molar-refractivity contribution >= 4 is 18.0 Å². The summed E-state index contributed by atoms with van der Waals surface area (Å²) in [6.07, 6.45) is 5.52. The molecule has 1 atom stereocenters. The second kappa shape index (κ2) is 11.9. The highest BCUT2D eigenvalue weighted by Crippen LogP contribution is 2.44. The Morgan fingerprint density at radius 2 is 1.54 bits per heavy atom. The third kappa shape index (κ3) is 6.84. The monoisotopic (exact) mass is 478 g/mol. The molecule has 1 fully saturated rings. The second-order valence-corrected chi connectivity index (χ2v) is 9.55. The first-order valence-corrected chi connectivity index (χ1v) is 12.6. The number of carboxylic acids is 1. The Labute approximate surface area is 206 Å². The molecule has 1 saturated carbocycles. The molecule has 2 aromatic rings. The highest BCUT2D eigenvalue weighted by molar-refractivity contribution is 5.85. The molecule has 3 N–H and O–H groups in total. The van der Waals surface area contributed by atoms with Gasteiger partial charge in [0.25, 0.3) is 0 Å². The summed E-state index contributed by atoms with van der Waals surface area (Å²) < 4.78 is 5.63. The second-order valence-electron chi connectivity index (χ2n) is 9.55. The average molecular weight is 479 g/mol. The largest absolute Gasteiger partial charge is 0.481 e. The molecule has 2 aromatic carbocycles. The van der Waals surface area contributed by atoms with Crippen LogP contribution in [0.4, 0.5) is 4.79 Å². The topological polar surface area (TPSA) is 105 Å². The zero-order chi connectivity index (χ0) is 24.6. The van der Waals surface area contributed by atoms with Crippen molar-refractivity contribution in [3.63, 3.8) is 0 Å². The van der Waals surface area contributed by atoms with Gasteiger partial charge in [-0.05, 0) is 47.4 Å². The number of ether oxygens (including phenoxy) is 1. The van der Waals surface area contributed by atoms with Gasteiger partial charge in [0, 0.05) is 18.9 Å². The van der Waals surface area contributed by atoms with E-state index in [1.54, 1.807) is 0 Å². The maximum absolute atomic E-state index is 12.7. The summed E-state index contributed by atoms with van der Waals surface area (Å²) in [6, 6.07) is 15.8. The van der Waals surface area contributed by atoms with Crippen LogP contribution in [0.15, 0.2) is 48.5 Å². The molecule has 0 heterocycles. The molecule has 2 amide bonds. The number of hydrogen-bond donors (Lipinski definition) is 3. The van der Waals surface area contributed by atoms with Crippen molar-refractivity contribution in [1.29, 1.82) is 0 Å². The van der Waals surface area contributed by atoms with Crippen LogP contribution in [0.3, 0.4) is 0 Å². The first-order chi connectivity index (χ1) is 17.0. The lowest BCUT2D eigenvalue weighted by Crippen LogP contribution is -2.47. The van der Waals surface area contributed by atoms with E-state index in [0.29, 0.717) is 25.3 Å². The van der Waals surface area contributed by atoms with Crippen LogP contribution in [0.25, 0.3) is 11.1 Å². The third-order valence-electron chi connectivity index (χ3n) is 6.83. The van der Waals surface area contributed by atoms with E-state index in [2.05, 4.69) is 34.9 Å². The minimum Gasteiger partial charge on any atom is -0.481 e. The van der Waals surface area contributed by atoms with Gasteiger partial charge in [-0.1, -0.05) is 74.2 Å². The zero-order valence-corrected chi connectivity index (χ0v) is 20.0. The van der Waals surface area contributed by atoms with Gasteiger partial charge in [0.05, 0.1) is 0 Å². The van der Waals surface area contributed by atoms with Crippen LogP contribution in [0.5, 0.6) is 0 Å². The van der Waals surface area contributed by atoms with E-state index in [1.165, 1.54) is 11.1 Å². The summed E-state index contributed by atoms with van der Waals surface area (Å²) in [7, 11) is 0. The van der Waals surface area contributed by atoms with Crippen LogP contribution in [0, 0.1) is 5.92 Å². The molecule has 0 bridgehead atoms. The SMILES string of the molecule is O=C(O)CCCCCCNC(=O)C(CC1CC1)NC(=O)OCC1c2ccccc2-c2ccccc21. The summed E-state index contributed by atoms with van der Waals surface area (Å²) >= 11 is 0. The van der Waals surface area contributed by atoms with E-state index in [0.717, 1.165) is 43.2 Å². The molecular formula is C28H34N2O5. The van der Waals surface area contributed by atoms with Gasteiger partial charge in [-0.3, -0.25) is 9.59 Å². The molecule has 35 heavy (non-hydrogen) atoms. The number of benzene rings is 2. The van der Waals surface area contributed by atoms with Crippen LogP contribution < -0.4 is 10.6 Å². The molecule has 0 radical (unpaired) electrons. The number of amides is 2. The molecular weight excluding hydrogens is 444 g/mol. The molecule has 2 aliphatic carbocycles. The van der Waals surface area contributed by atoms with Crippen molar-refractivity contribution in [3.8, 4) is 11.1 Å². The van der Waals surface area contributed by atoms with Gasteiger partial charge < -0.3 is 20.5 Å². The van der Waals surface area contributed by atoms with Gasteiger partial charge in [0.1, 0.15) is 12.6 Å². The van der Waals surface area contributed by atoms with E-state index in [-0.39, 0.29) is 24.9 Å². The summed E-state index contributed by atoms with van der Waals surface area (Å²) in [5.74, 6) is -0.517. The van der Waals surface area contributed by atoms with Crippen LogP contribution in [0.2, 0.25) is 0 Å². The van der Waals surface area contributed by atoms with Crippen molar-refractivity contribution in [3.05, 3.63) is 59.7 Å². The highest BCUT2D eigenvalue weighted by Gasteiger charge is 2.32. The fourth-order valence-electron chi connectivity index (χ4n) is 4.79. The standard InChI is InChI=1S/C28H34N2O5/c31-26(32)13-3-1-2-8-16-29-27(33)25(17-19-14-15-19)30-28(34)35-18-24-22-11-6-4-9-20(22)21-10-5-7-12-23(21)24/h4-7,9-12,19,24-25H,1-3,8,13-18H2,(H,29,33)(H,30,34)(H,31,32). The summed E-state index contributed by atoms with van der Waals surface area (Å²) in [4.78, 5) is 36.0. The van der Waals surface area contributed by atoms with Crippen molar-refractivity contribution in [2.45, 2.75) is 63.3 Å². The minimum absolute atomic E-state index is 0.0232. The van der Waals surface area contributed by atoms with Gasteiger partial charge >= 0.3 is 12.1 Å². The Hall–Kier alpha value is -3.35. The molecule has 0 spiro atoms. The maximum Gasteiger partial charge on any atom is 0.407 e. The summed E-state index contributed by atoms with van der Waals surface area (Å²) in [6.45, 7) is 0.730. The number of nitrogens with one attached hydrogen (secondary N) is 2. The lowest BCUT2D eigenvalue weighted by Gasteiger charge is -2.20. The molecule has 7 nitrogen and oxygen atoms in total. The lowest BCUT2D eigenvalue weighted by molar-refractivity contribution is -0.137. The zero-order valence-electron chi connectivity index (χ0n) is 20.0. The fraction of sp³-hybridized carbons (Fsp3) is 0.464. The first-order valence-electron chi connectivity index (χ1n) is 12.6. The minimum atomic E-state index is -0.777. The Kier molecular flexibility index (Phi) is 8.40. The van der Waals surface area contributed by atoms with Gasteiger partial charge in [0.2, 0.25) is 5.91 Å². The van der Waals surface area contributed by atoms with E-state index in [9.17, 15) is 14.4 Å². The predicted molar refractivity (Wildman–Crippen MR) is 133 cm³/mol. The van der Waals surface area contributed by atoms with Crippen LogP contribution in [-0.2, 0) is 14.3 Å². The Morgan fingerprint density at radius 1 is 0.914 bits per heavy atom. The maximum atomic E-state index is 12.7. The van der Waals surface area contributed by atoms with Gasteiger partial charge in [0.15, 0.2) is 0 Å². The van der Waals surface area contributed by atoms with E-state index in [4.69, 9.17) is 9.84 Å². The molecule has 0 aromatic heterocycles. The average Bonchev–Trinajstić information content (AvgIpc) is 3.62. The Bertz CT molecular complexity index is 1000. The summed E-state index contributed by atoms with van der Waals surface area (Å²) in [5, 5.41) is 14.4. The van der Waals surface area contributed by atoms with Crippen molar-refractivity contribution in [2.75, 3.05) is 13.2 Å². The van der Waals surface area contributed by atoms with Crippen molar-refractivity contribution in [2.24, 2.45) is 5.92 Å². The molecule has 7 heteroatoms. The molecule has 0 aliphatic heterocycles. The number of carboxylic acid groups (broad SMARTS) is 1. The number of unbranched alkanes of at least 4 members (excludes halogenated alkanes) is 3. The number of carbonyl (C=O) groups is 3. The van der Waals surface area contributed by atoms with Crippen LogP contribution >= 0.6 is 0 Å². The van der Waals surface area contributed by atoms with Gasteiger partial charge in [-0.2, -0.15) is 0 Å². The van der Waals surface area contributed by atoms with Crippen LogP contribution in [0.1, 0.15) is 68.4 Å². The van der Waals surface area contributed by atoms with Crippen molar-refractivity contribution in [1.82, 2.24) is 10.6 Å². The van der Waals surface area contributed by atoms with E-state index in [1.807, 2.05) is 24.3 Å². The number of aliphatic carboxylic acids is 1. The van der Waals surface area contributed by atoms with Crippen LogP contribution in [-0.4, -0.2) is 42.3 Å². The molecule has 2 aliphatic rings. The van der Waals surface area contributed by atoms with Gasteiger partial charge in [-0.15, -0.1) is 0 Å². The number of hydrogen-bond acceptors (Lipinski definition) is 4. The fourth-order valence-corrected chi connectivity index (χ4v) is 4.79. The quantitative estimate of drug-likeness (QED) is 0.357. The van der Waals surface area contributed by atoms with E-state index < -0.39 is 18.1 Å². The summed E-state index contributed by atoms with van der Waals surface area (Å²) in [5.41, 5.74) is 4.64. The predicted octanol–water partition coefficient (Wildman–Crippen LogP) is 4.85. The highest BCUT2D eigenvalue weighted by atomic mass is 16.5. The van der Waals surface area contributed by atoms with Gasteiger partial charge in [-0.25, -0.2) is 4.79 Å². The molecule has 4 rings (SSSR count). The normalized spacial score (nSPS) is 15.1. The number of carbonyl (C=O) groups excluding carboxylic acids is 2. The number of rotatable bonds is 13.